The molecule has 0 saturated carbocycles. The number of aromatic nitrogens is 2. The maximum atomic E-state index is 13.5. The Bertz CT molecular complexity index is 1440. The highest BCUT2D eigenvalue weighted by Gasteiger charge is 2.25. The number of anilines is 2. The van der Waals surface area contributed by atoms with E-state index in [-0.39, 0.29) is 41.7 Å². The van der Waals surface area contributed by atoms with Crippen LogP contribution < -0.4 is 25.4 Å². The van der Waals surface area contributed by atoms with E-state index < -0.39 is 28.9 Å². The van der Waals surface area contributed by atoms with E-state index in [2.05, 4.69) is 25.9 Å². The second-order valence-electron chi connectivity index (χ2n) is 11.5. The molecule has 12 nitrogen and oxygen atoms in total. The van der Waals surface area contributed by atoms with Crippen LogP contribution in [0, 0.1) is 5.41 Å². The van der Waals surface area contributed by atoms with Gasteiger partial charge in [0, 0.05) is 37.5 Å². The molecule has 236 valence electrons. The average Bonchev–Trinajstić information content (AvgIpc) is 2.96. The van der Waals surface area contributed by atoms with Crippen molar-refractivity contribution in [3.8, 4) is 11.5 Å². The lowest BCUT2D eigenvalue weighted by Crippen LogP contribution is -2.40. The van der Waals surface area contributed by atoms with Crippen molar-refractivity contribution in [3.05, 3.63) is 71.1 Å². The minimum atomic E-state index is -0.627. The van der Waals surface area contributed by atoms with Gasteiger partial charge in [0.1, 0.15) is 29.5 Å². The monoisotopic (exact) mass is 627 g/mol. The molecule has 0 spiro atoms. The summed E-state index contributed by atoms with van der Waals surface area (Å²) in [6, 6.07) is 11.1. The molecule has 0 aliphatic heterocycles. The lowest BCUT2D eigenvalue weighted by atomic mass is 9.95. The molecule has 3 amide bonds. The van der Waals surface area contributed by atoms with Gasteiger partial charge in [0.25, 0.3) is 11.8 Å². The lowest BCUT2D eigenvalue weighted by Gasteiger charge is -2.27. The number of pyridine rings is 2. The summed E-state index contributed by atoms with van der Waals surface area (Å²) in [7, 11) is 1.57. The van der Waals surface area contributed by atoms with E-state index in [1.165, 1.54) is 12.4 Å². The van der Waals surface area contributed by atoms with Gasteiger partial charge in [0.2, 0.25) is 0 Å². The number of alkyl carbamates (subject to hydrolysis) is 1. The number of methoxy groups -OCH3 is 1. The fourth-order valence-corrected chi connectivity index (χ4v) is 3.71. The van der Waals surface area contributed by atoms with E-state index in [9.17, 15) is 14.4 Å². The van der Waals surface area contributed by atoms with Crippen molar-refractivity contribution in [2.24, 2.45) is 5.41 Å². The zero-order valence-electron chi connectivity index (χ0n) is 25.7. The second-order valence-corrected chi connectivity index (χ2v) is 11.9. The van der Waals surface area contributed by atoms with Gasteiger partial charge >= 0.3 is 6.09 Å². The molecule has 0 aliphatic carbocycles. The van der Waals surface area contributed by atoms with E-state index in [0.717, 1.165) is 0 Å². The van der Waals surface area contributed by atoms with Crippen LogP contribution in [-0.2, 0) is 9.47 Å². The summed E-state index contributed by atoms with van der Waals surface area (Å²) in [6.07, 6.45) is 2.30. The quantitative estimate of drug-likeness (QED) is 0.206. The Morgan fingerprint density at radius 2 is 1.68 bits per heavy atom. The second kappa shape index (κ2) is 15.3. The minimum Gasteiger partial charge on any atom is -0.492 e. The van der Waals surface area contributed by atoms with Crippen molar-refractivity contribution in [2.45, 2.75) is 40.2 Å². The third kappa shape index (κ3) is 11.0. The van der Waals surface area contributed by atoms with Crippen molar-refractivity contribution in [3.63, 3.8) is 0 Å². The fourth-order valence-electron chi connectivity index (χ4n) is 3.59. The Balaban J connectivity index is 1.78. The number of rotatable bonds is 13. The predicted molar refractivity (Wildman–Crippen MR) is 167 cm³/mol. The summed E-state index contributed by atoms with van der Waals surface area (Å²) in [6.45, 7) is 10.2. The number of amides is 3. The molecule has 0 unspecified atom stereocenters. The maximum Gasteiger partial charge on any atom is 0.407 e. The number of halogens is 1. The normalized spacial score (nSPS) is 11.3. The Labute approximate surface area is 261 Å². The minimum absolute atomic E-state index is 0.0195. The zero-order valence-corrected chi connectivity index (χ0v) is 26.4. The molecule has 0 saturated heterocycles. The van der Waals surface area contributed by atoms with Gasteiger partial charge < -0.3 is 34.9 Å². The molecule has 0 radical (unpaired) electrons. The topological polar surface area (TPSA) is 150 Å². The standard InChI is InChI=1S/C31H38ClN5O7/c1-30(2,3)44-29(40)35-18-31(4,5)19-43-24-16-21(42-15-14-41-6)10-11-22(24)27(38)36-23-8-7-13-33-26(23)28(39)37-25-12-9-20(32)17-34-25/h7-13,16-17H,14-15,18-19H2,1-6H3,(H,35,40)(H,36,38)(H,34,37,39). The van der Waals surface area contributed by atoms with Crippen molar-refractivity contribution >= 4 is 41.0 Å². The summed E-state index contributed by atoms with van der Waals surface area (Å²) in [5.41, 5.74) is -0.819. The molecule has 2 aromatic heterocycles. The summed E-state index contributed by atoms with van der Waals surface area (Å²) in [4.78, 5) is 46.9. The van der Waals surface area contributed by atoms with Crippen LogP contribution >= 0.6 is 11.6 Å². The maximum absolute atomic E-state index is 13.5. The first-order valence-electron chi connectivity index (χ1n) is 13.8. The SMILES string of the molecule is COCCOc1ccc(C(=O)Nc2cccnc2C(=O)Nc2ccc(Cl)cn2)c(OCC(C)(C)CNC(=O)OC(C)(C)C)c1. The highest BCUT2D eigenvalue weighted by Crippen LogP contribution is 2.29. The van der Waals surface area contributed by atoms with Gasteiger partial charge in [0.05, 0.1) is 29.5 Å². The molecule has 3 rings (SSSR count). The van der Waals surface area contributed by atoms with Crippen LogP contribution in [0.2, 0.25) is 5.02 Å². The first-order chi connectivity index (χ1) is 20.8. The Morgan fingerprint density at radius 1 is 0.909 bits per heavy atom. The van der Waals surface area contributed by atoms with Gasteiger partial charge in [-0.3, -0.25) is 9.59 Å². The van der Waals surface area contributed by atoms with Crippen LogP contribution in [0.4, 0.5) is 16.3 Å². The highest BCUT2D eigenvalue weighted by molar-refractivity contribution is 6.30. The van der Waals surface area contributed by atoms with E-state index >= 15 is 0 Å². The molecule has 0 aliphatic rings. The Kier molecular flexibility index (Phi) is 11.9. The molecule has 0 bridgehead atoms. The van der Waals surface area contributed by atoms with Crippen LogP contribution in [0.3, 0.4) is 0 Å². The first-order valence-corrected chi connectivity index (χ1v) is 14.2. The molecule has 44 heavy (non-hydrogen) atoms. The molecule has 0 atom stereocenters. The number of hydrogen-bond acceptors (Lipinski definition) is 9. The largest absolute Gasteiger partial charge is 0.492 e. The number of ether oxygens (including phenoxy) is 4. The summed E-state index contributed by atoms with van der Waals surface area (Å²) >= 11 is 5.88. The van der Waals surface area contributed by atoms with Gasteiger partial charge in [-0.15, -0.1) is 0 Å². The number of nitrogens with zero attached hydrogens (tertiary/aromatic N) is 2. The fraction of sp³-hybridized carbons (Fsp3) is 0.387. The van der Waals surface area contributed by atoms with Crippen LogP contribution in [-0.4, -0.2) is 67.0 Å². The highest BCUT2D eigenvalue weighted by atomic mass is 35.5. The van der Waals surface area contributed by atoms with Crippen LogP contribution in [0.25, 0.3) is 0 Å². The first kappa shape index (κ1) is 34.1. The number of carbonyl (C=O) groups excluding carboxylic acids is 3. The van der Waals surface area contributed by atoms with Gasteiger partial charge in [-0.25, -0.2) is 14.8 Å². The smallest absolute Gasteiger partial charge is 0.407 e. The van der Waals surface area contributed by atoms with E-state index in [4.69, 9.17) is 30.5 Å². The number of nitrogens with one attached hydrogen (secondary N) is 3. The lowest BCUT2D eigenvalue weighted by molar-refractivity contribution is 0.0492. The Morgan fingerprint density at radius 3 is 2.36 bits per heavy atom. The van der Waals surface area contributed by atoms with Gasteiger partial charge in [-0.05, 0) is 57.2 Å². The van der Waals surface area contributed by atoms with Crippen molar-refractivity contribution in [1.82, 2.24) is 15.3 Å². The molecule has 0 fully saturated rings. The third-order valence-corrected chi connectivity index (χ3v) is 5.95. The molecule has 13 heteroatoms. The summed E-state index contributed by atoms with van der Waals surface area (Å²) in [5, 5.41) is 8.57. The van der Waals surface area contributed by atoms with Crippen LogP contribution in [0.1, 0.15) is 55.5 Å². The van der Waals surface area contributed by atoms with E-state index in [0.29, 0.717) is 24.0 Å². The van der Waals surface area contributed by atoms with E-state index in [1.54, 1.807) is 70.3 Å². The molecule has 3 aromatic rings. The van der Waals surface area contributed by atoms with Crippen LogP contribution in [0.15, 0.2) is 54.9 Å². The molecule has 1 aromatic carbocycles. The molecule has 2 heterocycles. The molecular weight excluding hydrogens is 590 g/mol. The van der Waals surface area contributed by atoms with Gasteiger partial charge in [0.15, 0.2) is 5.69 Å². The van der Waals surface area contributed by atoms with Gasteiger partial charge in [-0.2, -0.15) is 0 Å². The van der Waals surface area contributed by atoms with Gasteiger partial charge in [-0.1, -0.05) is 25.4 Å². The average molecular weight is 628 g/mol. The third-order valence-electron chi connectivity index (χ3n) is 5.72. The molecular formula is C31H38ClN5O7. The zero-order chi connectivity index (χ0) is 32.3. The number of benzene rings is 1. The van der Waals surface area contributed by atoms with Crippen molar-refractivity contribution in [1.29, 1.82) is 0 Å². The predicted octanol–water partition coefficient (Wildman–Crippen LogP) is 5.59. The van der Waals surface area contributed by atoms with Crippen molar-refractivity contribution in [2.75, 3.05) is 44.1 Å². The van der Waals surface area contributed by atoms with E-state index in [1.807, 2.05) is 13.8 Å². The summed E-state index contributed by atoms with van der Waals surface area (Å²) < 4.78 is 22.2. The van der Waals surface area contributed by atoms with Crippen LogP contribution in [0.5, 0.6) is 11.5 Å². The molecule has 3 N–H and O–H groups in total. The van der Waals surface area contributed by atoms with Crippen molar-refractivity contribution < 1.29 is 33.3 Å². The Hall–Kier alpha value is -4.42. The number of carbonyl (C=O) groups is 3. The summed E-state index contributed by atoms with van der Waals surface area (Å²) in [5.74, 6) is -0.141. The number of hydrogen-bond donors (Lipinski definition) is 3.